The van der Waals surface area contributed by atoms with Crippen LogP contribution < -0.4 is 5.73 Å². The predicted molar refractivity (Wildman–Crippen MR) is 102 cm³/mol. The number of benzene rings is 2. The highest BCUT2D eigenvalue weighted by atomic mass is 16.4. The smallest absolute Gasteiger partial charge is 0.300 e. The molecule has 1 heterocycles. The largest absolute Gasteiger partial charge is 0.481 e. The van der Waals surface area contributed by atoms with Crippen molar-refractivity contribution in [3.63, 3.8) is 0 Å². The highest BCUT2D eigenvalue weighted by Gasteiger charge is 2.23. The number of oxazole rings is 1. The molecule has 1 saturated carbocycles. The van der Waals surface area contributed by atoms with Crippen LogP contribution in [0, 0.1) is 0 Å². The molecule has 0 saturated heterocycles. The summed E-state index contributed by atoms with van der Waals surface area (Å²) in [7, 11) is 0. The Bertz CT molecular complexity index is 833. The highest BCUT2D eigenvalue weighted by Crippen LogP contribution is 2.33. The van der Waals surface area contributed by atoms with E-state index in [1.54, 1.807) is 0 Å². The van der Waals surface area contributed by atoms with Crippen molar-refractivity contribution >= 4 is 17.1 Å². The molecule has 4 rings (SSSR count). The molecule has 1 fully saturated rings. The van der Waals surface area contributed by atoms with Gasteiger partial charge in [-0.25, -0.2) is 4.98 Å². The van der Waals surface area contributed by atoms with E-state index in [9.17, 15) is 0 Å². The van der Waals surface area contributed by atoms with E-state index in [1.807, 2.05) is 24.3 Å². The molecule has 1 aliphatic carbocycles. The van der Waals surface area contributed by atoms with Crippen molar-refractivity contribution in [3.05, 3.63) is 54.1 Å². The molecule has 0 bridgehead atoms. The van der Waals surface area contributed by atoms with Crippen LogP contribution >= 0.6 is 0 Å². The Labute approximate surface area is 152 Å². The maximum atomic E-state index is 9.00. The number of carboxylic acids is 1. The maximum absolute atomic E-state index is 9.00. The zero-order chi connectivity index (χ0) is 18.5. The summed E-state index contributed by atoms with van der Waals surface area (Å²) in [6.07, 6.45) is 4.88. The second-order valence-electron chi connectivity index (χ2n) is 6.68. The Hall–Kier alpha value is -2.66. The quantitative estimate of drug-likeness (QED) is 0.705. The standard InChI is InChI=1S/C19H20N2O.C2H4O2/c20-16-6-2-1-5-15(16)13-9-11-14(12-10-13)19-21-17-7-3-4-8-18(17)22-19;1-2(3)4/h3-4,7-12,15-16H,1-2,5-6,20H2;1H3,(H,3,4)/t15-,16+;/m0./s1. The fourth-order valence-corrected chi connectivity index (χ4v) is 3.44. The van der Waals surface area contributed by atoms with Gasteiger partial charge in [0.2, 0.25) is 5.89 Å². The van der Waals surface area contributed by atoms with Crippen LogP contribution in [0.4, 0.5) is 0 Å². The second-order valence-corrected chi connectivity index (χ2v) is 6.68. The summed E-state index contributed by atoms with van der Waals surface area (Å²) < 4.78 is 5.82. The van der Waals surface area contributed by atoms with Crippen LogP contribution in [0.3, 0.4) is 0 Å². The van der Waals surface area contributed by atoms with E-state index in [1.165, 1.54) is 24.8 Å². The fourth-order valence-electron chi connectivity index (χ4n) is 3.44. The number of fused-ring (bicyclic) bond motifs is 1. The Morgan fingerprint density at radius 3 is 2.42 bits per heavy atom. The summed E-state index contributed by atoms with van der Waals surface area (Å²) >= 11 is 0. The molecule has 5 nitrogen and oxygen atoms in total. The van der Waals surface area contributed by atoms with Crippen LogP contribution in [0.1, 0.15) is 44.1 Å². The second kappa shape index (κ2) is 8.15. The molecular formula is C21H24N2O3. The topological polar surface area (TPSA) is 89.3 Å². The van der Waals surface area contributed by atoms with Gasteiger partial charge < -0.3 is 15.3 Å². The lowest BCUT2D eigenvalue weighted by atomic mass is 9.80. The van der Waals surface area contributed by atoms with Crippen molar-refractivity contribution in [2.75, 3.05) is 0 Å². The Morgan fingerprint density at radius 2 is 1.77 bits per heavy atom. The molecule has 1 aliphatic rings. The predicted octanol–water partition coefficient (Wildman–Crippen LogP) is 4.57. The molecule has 2 atom stereocenters. The lowest BCUT2D eigenvalue weighted by Gasteiger charge is -2.28. The summed E-state index contributed by atoms with van der Waals surface area (Å²) in [6, 6.07) is 16.7. The molecule has 0 aliphatic heterocycles. The first kappa shape index (κ1) is 18.1. The third kappa shape index (κ3) is 4.29. The zero-order valence-electron chi connectivity index (χ0n) is 14.9. The summed E-state index contributed by atoms with van der Waals surface area (Å²) in [5.41, 5.74) is 10.4. The number of hydrogen-bond acceptors (Lipinski definition) is 4. The Kier molecular flexibility index (Phi) is 5.68. The van der Waals surface area contributed by atoms with Crippen LogP contribution in [-0.2, 0) is 4.79 Å². The first-order valence-electron chi connectivity index (χ1n) is 8.95. The van der Waals surface area contributed by atoms with Gasteiger partial charge in [0.25, 0.3) is 5.97 Å². The Balaban J connectivity index is 0.000000447. The number of carbonyl (C=O) groups is 1. The lowest BCUT2D eigenvalue weighted by Crippen LogP contribution is -2.31. The third-order valence-corrected chi connectivity index (χ3v) is 4.70. The van der Waals surface area contributed by atoms with Gasteiger partial charge in [-0.3, -0.25) is 4.79 Å². The number of rotatable bonds is 2. The van der Waals surface area contributed by atoms with Gasteiger partial charge in [0.05, 0.1) is 0 Å². The van der Waals surface area contributed by atoms with E-state index >= 15 is 0 Å². The van der Waals surface area contributed by atoms with E-state index in [2.05, 4.69) is 29.2 Å². The van der Waals surface area contributed by atoms with Gasteiger partial charge in [-0.15, -0.1) is 0 Å². The maximum Gasteiger partial charge on any atom is 0.300 e. The molecule has 5 heteroatoms. The molecule has 0 spiro atoms. The first-order chi connectivity index (χ1) is 12.5. The molecule has 0 radical (unpaired) electrons. The van der Waals surface area contributed by atoms with Crippen LogP contribution in [0.15, 0.2) is 52.9 Å². The zero-order valence-corrected chi connectivity index (χ0v) is 14.9. The van der Waals surface area contributed by atoms with Crippen molar-refractivity contribution in [2.24, 2.45) is 5.73 Å². The molecular weight excluding hydrogens is 328 g/mol. The molecule has 0 amide bonds. The van der Waals surface area contributed by atoms with Gasteiger partial charge in [-0.05, 0) is 48.6 Å². The molecule has 2 aromatic carbocycles. The van der Waals surface area contributed by atoms with Gasteiger partial charge >= 0.3 is 0 Å². The van der Waals surface area contributed by atoms with E-state index in [4.69, 9.17) is 20.1 Å². The highest BCUT2D eigenvalue weighted by molar-refractivity contribution is 5.75. The van der Waals surface area contributed by atoms with Gasteiger partial charge in [0.15, 0.2) is 5.58 Å². The number of aliphatic carboxylic acids is 1. The van der Waals surface area contributed by atoms with Crippen molar-refractivity contribution in [1.29, 1.82) is 0 Å². The van der Waals surface area contributed by atoms with Gasteiger partial charge in [-0.2, -0.15) is 0 Å². The molecule has 136 valence electrons. The first-order valence-corrected chi connectivity index (χ1v) is 8.95. The number of nitrogens with two attached hydrogens (primary N) is 1. The molecule has 1 aromatic heterocycles. The van der Waals surface area contributed by atoms with E-state index in [0.717, 1.165) is 30.0 Å². The summed E-state index contributed by atoms with van der Waals surface area (Å²) in [4.78, 5) is 13.5. The number of nitrogens with zero attached hydrogens (tertiary/aromatic N) is 1. The SMILES string of the molecule is CC(=O)O.N[C@@H]1CCCC[C@H]1c1ccc(-c2nc3ccccc3o2)cc1. The molecule has 26 heavy (non-hydrogen) atoms. The minimum absolute atomic E-state index is 0.295. The van der Waals surface area contributed by atoms with Gasteiger partial charge in [0.1, 0.15) is 5.52 Å². The van der Waals surface area contributed by atoms with Crippen LogP contribution in [0.2, 0.25) is 0 Å². The van der Waals surface area contributed by atoms with Crippen LogP contribution in [0.5, 0.6) is 0 Å². The summed E-state index contributed by atoms with van der Waals surface area (Å²) in [5, 5.41) is 7.42. The van der Waals surface area contributed by atoms with Crippen LogP contribution in [-0.4, -0.2) is 22.1 Å². The van der Waals surface area contributed by atoms with Gasteiger partial charge in [-0.1, -0.05) is 37.1 Å². The van der Waals surface area contributed by atoms with Crippen molar-refractivity contribution < 1.29 is 14.3 Å². The average molecular weight is 352 g/mol. The van der Waals surface area contributed by atoms with Crippen molar-refractivity contribution in [3.8, 4) is 11.5 Å². The lowest BCUT2D eigenvalue weighted by molar-refractivity contribution is -0.134. The van der Waals surface area contributed by atoms with Gasteiger partial charge in [0, 0.05) is 18.5 Å². The van der Waals surface area contributed by atoms with E-state index in [-0.39, 0.29) is 0 Å². The van der Waals surface area contributed by atoms with Crippen molar-refractivity contribution in [2.45, 2.75) is 44.6 Å². The van der Waals surface area contributed by atoms with E-state index in [0.29, 0.717) is 17.9 Å². The average Bonchev–Trinajstić information content (AvgIpc) is 3.06. The fraction of sp³-hybridized carbons (Fsp3) is 0.333. The summed E-state index contributed by atoms with van der Waals surface area (Å²) in [5.74, 6) is 0.340. The minimum Gasteiger partial charge on any atom is -0.481 e. The van der Waals surface area contributed by atoms with E-state index < -0.39 is 5.97 Å². The number of hydrogen-bond donors (Lipinski definition) is 2. The minimum atomic E-state index is -0.833. The number of para-hydroxylation sites is 2. The Morgan fingerprint density at radius 1 is 1.12 bits per heavy atom. The molecule has 0 unspecified atom stereocenters. The monoisotopic (exact) mass is 352 g/mol. The van der Waals surface area contributed by atoms with Crippen molar-refractivity contribution in [1.82, 2.24) is 4.98 Å². The molecule has 3 N–H and O–H groups in total. The molecule has 3 aromatic rings. The third-order valence-electron chi connectivity index (χ3n) is 4.70. The normalized spacial score (nSPS) is 19.6. The number of carboxylic acid groups (broad SMARTS) is 1. The number of aromatic nitrogens is 1. The van der Waals surface area contributed by atoms with Crippen LogP contribution in [0.25, 0.3) is 22.6 Å². The summed E-state index contributed by atoms with van der Waals surface area (Å²) in [6.45, 7) is 1.08.